The minimum absolute atomic E-state index is 0.397. The molecule has 2 aliphatic carbocycles. The van der Waals surface area contributed by atoms with Crippen LogP contribution in [0.2, 0.25) is 0 Å². The van der Waals surface area contributed by atoms with E-state index in [0.29, 0.717) is 10.8 Å². The Morgan fingerprint density at radius 3 is 1.95 bits per heavy atom. The summed E-state index contributed by atoms with van der Waals surface area (Å²) < 4.78 is 0. The van der Waals surface area contributed by atoms with Gasteiger partial charge < -0.3 is 0 Å². The van der Waals surface area contributed by atoms with Gasteiger partial charge in [-0.05, 0) is 60.7 Å². The van der Waals surface area contributed by atoms with Crippen LogP contribution in [-0.4, -0.2) is 0 Å². The van der Waals surface area contributed by atoms with E-state index in [0.717, 1.165) is 17.8 Å². The number of hydrogen-bond acceptors (Lipinski definition) is 0. The van der Waals surface area contributed by atoms with Crippen molar-refractivity contribution in [3.05, 3.63) is 11.1 Å². The minimum atomic E-state index is 0.397. The summed E-state index contributed by atoms with van der Waals surface area (Å²) in [5.74, 6) is 2.57. The molecule has 0 bridgehead atoms. The average molecular weight is 262 g/mol. The first-order valence-electron chi connectivity index (χ1n) is 8.36. The van der Waals surface area contributed by atoms with E-state index in [1.54, 1.807) is 0 Å². The molecule has 0 N–H and O–H groups in total. The highest BCUT2D eigenvalue weighted by atomic mass is 14.5. The van der Waals surface area contributed by atoms with Gasteiger partial charge in [0, 0.05) is 0 Å². The van der Waals surface area contributed by atoms with E-state index in [4.69, 9.17) is 0 Å². The summed E-state index contributed by atoms with van der Waals surface area (Å²) >= 11 is 0. The molecule has 0 heterocycles. The minimum Gasteiger partial charge on any atom is -0.0679 e. The molecule has 0 aromatic heterocycles. The van der Waals surface area contributed by atoms with Gasteiger partial charge in [0.25, 0.3) is 0 Å². The van der Waals surface area contributed by atoms with Crippen molar-refractivity contribution in [3.8, 4) is 0 Å². The van der Waals surface area contributed by atoms with Crippen LogP contribution in [0, 0.1) is 28.6 Å². The molecule has 0 heteroatoms. The van der Waals surface area contributed by atoms with Crippen molar-refractivity contribution in [1.29, 1.82) is 0 Å². The molecule has 19 heavy (non-hydrogen) atoms. The second kappa shape index (κ2) is 4.93. The molecule has 0 radical (unpaired) electrons. The Labute approximate surface area is 121 Å². The van der Waals surface area contributed by atoms with Gasteiger partial charge in [0.2, 0.25) is 0 Å². The second-order valence-electron chi connectivity index (χ2n) is 8.84. The molecule has 0 unspecified atom stereocenters. The molecular weight excluding hydrogens is 228 g/mol. The Morgan fingerprint density at radius 1 is 0.789 bits per heavy atom. The first-order valence-corrected chi connectivity index (χ1v) is 8.36. The van der Waals surface area contributed by atoms with Crippen molar-refractivity contribution in [3.63, 3.8) is 0 Å². The smallest absolute Gasteiger partial charge is 0.0226 e. The van der Waals surface area contributed by atoms with Crippen LogP contribution in [0.25, 0.3) is 0 Å². The summed E-state index contributed by atoms with van der Waals surface area (Å²) in [4.78, 5) is 0. The molecule has 3 atom stereocenters. The SMILES string of the molecule is C[C@H]1CC[C@@H](C(C)(C)C(C)(C)C)CC2=C1CC[C@@H]2C. The summed E-state index contributed by atoms with van der Waals surface area (Å²) in [5.41, 5.74) is 4.53. The number of rotatable bonds is 1. The summed E-state index contributed by atoms with van der Waals surface area (Å²) in [6.45, 7) is 17.2. The van der Waals surface area contributed by atoms with Gasteiger partial charge in [0.1, 0.15) is 0 Å². The fourth-order valence-electron chi connectivity index (χ4n) is 4.14. The Hall–Kier alpha value is -0.260. The van der Waals surface area contributed by atoms with E-state index in [1.165, 1.54) is 32.1 Å². The van der Waals surface area contributed by atoms with Gasteiger partial charge >= 0.3 is 0 Å². The fourth-order valence-corrected chi connectivity index (χ4v) is 4.14. The summed E-state index contributed by atoms with van der Waals surface area (Å²) in [6.07, 6.45) is 7.02. The van der Waals surface area contributed by atoms with Crippen LogP contribution < -0.4 is 0 Å². The Bertz CT molecular complexity index is 364. The fraction of sp³-hybridized carbons (Fsp3) is 0.895. The molecule has 0 aromatic carbocycles. The first kappa shape index (κ1) is 15.1. The van der Waals surface area contributed by atoms with Crippen LogP contribution in [0.3, 0.4) is 0 Å². The molecule has 0 nitrogen and oxygen atoms in total. The molecule has 110 valence electrons. The third-order valence-electron chi connectivity index (χ3n) is 6.82. The quantitative estimate of drug-likeness (QED) is 0.492. The maximum atomic E-state index is 2.51. The van der Waals surface area contributed by atoms with Gasteiger partial charge in [-0.3, -0.25) is 0 Å². The maximum Gasteiger partial charge on any atom is -0.0226 e. The molecule has 0 amide bonds. The second-order valence-corrected chi connectivity index (χ2v) is 8.84. The van der Waals surface area contributed by atoms with Crippen molar-refractivity contribution >= 4 is 0 Å². The van der Waals surface area contributed by atoms with Gasteiger partial charge in [-0.15, -0.1) is 0 Å². The summed E-state index contributed by atoms with van der Waals surface area (Å²) in [6, 6.07) is 0. The van der Waals surface area contributed by atoms with Gasteiger partial charge in [-0.1, -0.05) is 59.6 Å². The van der Waals surface area contributed by atoms with Crippen molar-refractivity contribution in [2.24, 2.45) is 28.6 Å². The van der Waals surface area contributed by atoms with Gasteiger partial charge in [-0.25, -0.2) is 0 Å². The molecule has 0 aliphatic heterocycles. The average Bonchev–Trinajstić information content (AvgIpc) is 2.54. The highest BCUT2D eigenvalue weighted by molar-refractivity contribution is 5.26. The Kier molecular flexibility index (Phi) is 3.93. The first-order chi connectivity index (χ1) is 8.64. The molecule has 0 aromatic rings. The van der Waals surface area contributed by atoms with Gasteiger partial charge in [-0.2, -0.15) is 0 Å². The molecule has 0 spiro atoms. The van der Waals surface area contributed by atoms with E-state index >= 15 is 0 Å². The predicted molar refractivity (Wildman–Crippen MR) is 85.2 cm³/mol. The van der Waals surface area contributed by atoms with Crippen LogP contribution in [0.4, 0.5) is 0 Å². The number of hydrogen-bond donors (Lipinski definition) is 0. The highest BCUT2D eigenvalue weighted by Gasteiger charge is 2.42. The lowest BCUT2D eigenvalue weighted by Crippen LogP contribution is -2.37. The molecule has 0 saturated heterocycles. The lowest BCUT2D eigenvalue weighted by molar-refractivity contribution is 0.0471. The zero-order valence-electron chi connectivity index (χ0n) is 14.3. The predicted octanol–water partition coefficient (Wildman–Crippen LogP) is 6.22. The normalized spacial score (nSPS) is 33.3. The third-order valence-corrected chi connectivity index (χ3v) is 6.82. The topological polar surface area (TPSA) is 0 Å². The van der Waals surface area contributed by atoms with Crippen molar-refractivity contribution in [2.75, 3.05) is 0 Å². The molecule has 2 rings (SSSR count). The zero-order valence-corrected chi connectivity index (χ0v) is 14.3. The van der Waals surface area contributed by atoms with Crippen molar-refractivity contribution in [2.45, 2.75) is 80.6 Å². The largest absolute Gasteiger partial charge is 0.0679 e. The molecular formula is C19H34. The monoisotopic (exact) mass is 262 g/mol. The van der Waals surface area contributed by atoms with E-state index in [1.807, 2.05) is 11.1 Å². The zero-order chi connectivity index (χ0) is 14.4. The van der Waals surface area contributed by atoms with Crippen LogP contribution in [0.5, 0.6) is 0 Å². The Morgan fingerprint density at radius 2 is 1.37 bits per heavy atom. The van der Waals surface area contributed by atoms with E-state index < -0.39 is 0 Å². The van der Waals surface area contributed by atoms with Crippen molar-refractivity contribution in [1.82, 2.24) is 0 Å². The molecule has 0 saturated carbocycles. The lowest BCUT2D eigenvalue weighted by Gasteiger charge is -2.45. The molecule has 0 fully saturated rings. The number of allylic oxidation sites excluding steroid dienone is 2. The molecule has 2 aliphatic rings. The third kappa shape index (κ3) is 2.65. The summed E-state index contributed by atoms with van der Waals surface area (Å²) in [5, 5.41) is 0. The van der Waals surface area contributed by atoms with E-state index in [2.05, 4.69) is 48.5 Å². The van der Waals surface area contributed by atoms with Gasteiger partial charge in [0.05, 0.1) is 0 Å². The van der Waals surface area contributed by atoms with E-state index in [-0.39, 0.29) is 0 Å². The van der Waals surface area contributed by atoms with Crippen LogP contribution in [0.15, 0.2) is 11.1 Å². The summed E-state index contributed by atoms with van der Waals surface area (Å²) in [7, 11) is 0. The Balaban J connectivity index is 2.27. The van der Waals surface area contributed by atoms with Crippen LogP contribution in [-0.2, 0) is 0 Å². The lowest BCUT2D eigenvalue weighted by atomic mass is 9.59. The highest BCUT2D eigenvalue weighted by Crippen LogP contribution is 2.53. The van der Waals surface area contributed by atoms with Gasteiger partial charge in [0.15, 0.2) is 0 Å². The maximum absolute atomic E-state index is 2.51. The van der Waals surface area contributed by atoms with Crippen LogP contribution in [0.1, 0.15) is 80.6 Å². The van der Waals surface area contributed by atoms with Crippen molar-refractivity contribution < 1.29 is 0 Å². The standard InChI is InChI=1S/C19H34/c1-13-8-10-15(19(6,7)18(3,4)5)12-17-14(2)9-11-16(13)17/h13-15H,8-12H2,1-7H3/t13-,14-,15+/m0/s1. The van der Waals surface area contributed by atoms with Crippen LogP contribution >= 0.6 is 0 Å². The van der Waals surface area contributed by atoms with E-state index in [9.17, 15) is 0 Å².